The van der Waals surface area contributed by atoms with Gasteiger partial charge in [0.05, 0.1) is 11.0 Å². The molecule has 0 aromatic heterocycles. The highest BCUT2D eigenvalue weighted by Gasteiger charge is 2.35. The van der Waals surface area contributed by atoms with Crippen molar-refractivity contribution in [1.82, 2.24) is 9.62 Å². The van der Waals surface area contributed by atoms with Crippen LogP contribution in [-0.2, 0) is 19.5 Å². The van der Waals surface area contributed by atoms with Gasteiger partial charge in [0.25, 0.3) is 0 Å². The summed E-state index contributed by atoms with van der Waals surface area (Å²) in [5, 5.41) is 5.33. The van der Waals surface area contributed by atoms with Gasteiger partial charge in [0.1, 0.15) is 12.8 Å². The third-order valence-electron chi connectivity index (χ3n) is 4.52. The van der Waals surface area contributed by atoms with Gasteiger partial charge >= 0.3 is 6.09 Å². The van der Waals surface area contributed by atoms with Gasteiger partial charge in [-0.25, -0.2) is 13.2 Å². The molecule has 2 atom stereocenters. The molecule has 1 aromatic carbocycles. The predicted octanol–water partition coefficient (Wildman–Crippen LogP) is 3.73. The number of benzene rings is 1. The number of carbonyl (C=O) groups is 1. The number of ether oxygens (including phenoxy) is 2. The maximum Gasteiger partial charge on any atom is 0.408 e. The van der Waals surface area contributed by atoms with Crippen molar-refractivity contribution in [3.63, 3.8) is 0 Å². The Kier molecular flexibility index (Phi) is 9.32. The molecule has 1 aliphatic rings. The number of halogens is 3. The monoisotopic (exact) mass is 501 g/mol. The van der Waals surface area contributed by atoms with Crippen LogP contribution in [0.25, 0.3) is 0 Å². The number of hydrogen-bond acceptors (Lipinski definition) is 6. The number of nitrogens with one attached hydrogen (secondary N) is 2. The third-order valence-corrected chi connectivity index (χ3v) is 7.24. The fourth-order valence-corrected chi connectivity index (χ4v) is 4.69. The number of sulfonamides is 1. The minimum atomic E-state index is -3.58. The standard InChI is InChI=1S/C18H26Cl3N3O5S/c1-3-24(4-2)30(26,27)15-9-7-13(8-10-15)22-16(18(19,20)21)23-17(25)29-12-14-6-5-11-28-14/h7-10,14,16,22H,3-6,11-12H2,1-2H3,(H,23,25). The van der Waals surface area contributed by atoms with E-state index in [1.165, 1.54) is 28.6 Å². The van der Waals surface area contributed by atoms with Crippen molar-refractivity contribution in [2.75, 3.05) is 31.6 Å². The zero-order valence-corrected chi connectivity index (χ0v) is 19.8. The molecule has 8 nitrogen and oxygen atoms in total. The van der Waals surface area contributed by atoms with Gasteiger partial charge in [-0.3, -0.25) is 5.32 Å². The number of anilines is 1. The SMILES string of the molecule is CCN(CC)S(=O)(=O)c1ccc(NC(NC(=O)OCC2CCCO2)C(Cl)(Cl)Cl)cc1. The molecule has 2 N–H and O–H groups in total. The molecule has 0 radical (unpaired) electrons. The highest BCUT2D eigenvalue weighted by molar-refractivity contribution is 7.89. The maximum absolute atomic E-state index is 12.6. The van der Waals surface area contributed by atoms with E-state index in [1.54, 1.807) is 13.8 Å². The van der Waals surface area contributed by atoms with Crippen molar-refractivity contribution < 1.29 is 22.7 Å². The number of alkyl carbamates (subject to hydrolysis) is 1. The quantitative estimate of drug-likeness (QED) is 0.394. The van der Waals surface area contributed by atoms with Crippen LogP contribution in [0.15, 0.2) is 29.2 Å². The third kappa shape index (κ3) is 7.03. The van der Waals surface area contributed by atoms with Crippen molar-refractivity contribution in [3.8, 4) is 0 Å². The Bertz CT molecular complexity index is 792. The molecule has 30 heavy (non-hydrogen) atoms. The van der Waals surface area contributed by atoms with Gasteiger partial charge in [-0.05, 0) is 37.1 Å². The zero-order chi connectivity index (χ0) is 22.4. The summed E-state index contributed by atoms with van der Waals surface area (Å²) in [5.41, 5.74) is 0.448. The van der Waals surface area contributed by atoms with E-state index < -0.39 is 26.1 Å². The second-order valence-electron chi connectivity index (χ2n) is 6.61. The molecule has 2 rings (SSSR count). The van der Waals surface area contributed by atoms with Gasteiger partial charge in [-0.15, -0.1) is 0 Å². The first-order valence-corrected chi connectivity index (χ1v) is 12.1. The fraction of sp³-hybridized carbons (Fsp3) is 0.611. The average Bonchev–Trinajstić information content (AvgIpc) is 3.20. The van der Waals surface area contributed by atoms with Gasteiger partial charge in [0, 0.05) is 25.4 Å². The molecule has 12 heteroatoms. The van der Waals surface area contributed by atoms with Crippen LogP contribution in [-0.4, -0.2) is 61.2 Å². The predicted molar refractivity (Wildman–Crippen MR) is 118 cm³/mol. The summed E-state index contributed by atoms with van der Waals surface area (Å²) >= 11 is 17.9. The van der Waals surface area contributed by atoms with E-state index in [4.69, 9.17) is 44.3 Å². The molecule has 0 aliphatic carbocycles. The normalized spacial score (nSPS) is 18.3. The Morgan fingerprint density at radius 1 is 1.27 bits per heavy atom. The lowest BCUT2D eigenvalue weighted by atomic mass is 10.2. The largest absolute Gasteiger partial charge is 0.447 e. The lowest BCUT2D eigenvalue weighted by molar-refractivity contribution is 0.0432. The lowest BCUT2D eigenvalue weighted by Crippen LogP contribution is -2.49. The minimum absolute atomic E-state index is 0.107. The molecular weight excluding hydrogens is 477 g/mol. The summed E-state index contributed by atoms with van der Waals surface area (Å²) in [7, 11) is -3.58. The van der Waals surface area contributed by atoms with E-state index in [1.807, 2.05) is 0 Å². The van der Waals surface area contributed by atoms with Crippen LogP contribution < -0.4 is 10.6 Å². The molecule has 1 aliphatic heterocycles. The summed E-state index contributed by atoms with van der Waals surface area (Å²) in [4.78, 5) is 12.2. The van der Waals surface area contributed by atoms with Gasteiger partial charge in [-0.2, -0.15) is 4.31 Å². The van der Waals surface area contributed by atoms with Crippen molar-refractivity contribution in [3.05, 3.63) is 24.3 Å². The van der Waals surface area contributed by atoms with E-state index >= 15 is 0 Å². The molecule has 0 bridgehead atoms. The Labute approximate surface area is 192 Å². The van der Waals surface area contributed by atoms with Crippen LogP contribution in [0, 0.1) is 0 Å². The van der Waals surface area contributed by atoms with Crippen molar-refractivity contribution in [2.24, 2.45) is 0 Å². The Balaban J connectivity index is 2.03. The van der Waals surface area contributed by atoms with E-state index in [0.29, 0.717) is 25.4 Å². The van der Waals surface area contributed by atoms with Crippen molar-refractivity contribution in [2.45, 2.75) is 47.6 Å². The Morgan fingerprint density at radius 2 is 1.90 bits per heavy atom. The molecule has 1 amide bonds. The van der Waals surface area contributed by atoms with Crippen molar-refractivity contribution >= 4 is 56.6 Å². The second kappa shape index (κ2) is 11.1. The number of hydrogen-bond donors (Lipinski definition) is 2. The molecule has 0 spiro atoms. The number of alkyl halides is 3. The number of amides is 1. The molecule has 1 saturated heterocycles. The van der Waals surface area contributed by atoms with Crippen molar-refractivity contribution in [1.29, 1.82) is 0 Å². The first-order valence-electron chi connectivity index (χ1n) is 9.56. The van der Waals surface area contributed by atoms with E-state index in [-0.39, 0.29) is 17.6 Å². The molecule has 1 fully saturated rings. The lowest BCUT2D eigenvalue weighted by Gasteiger charge is -2.27. The van der Waals surface area contributed by atoms with E-state index in [0.717, 1.165) is 12.8 Å². The number of rotatable bonds is 9. The summed E-state index contributed by atoms with van der Waals surface area (Å²) in [5.74, 6) is 0. The smallest absolute Gasteiger partial charge is 0.408 e. The second-order valence-corrected chi connectivity index (χ2v) is 10.9. The molecule has 170 valence electrons. The van der Waals surface area contributed by atoms with Crippen LogP contribution in [0.2, 0.25) is 0 Å². The van der Waals surface area contributed by atoms with E-state index in [9.17, 15) is 13.2 Å². The van der Waals surface area contributed by atoms with Crippen LogP contribution in [0.1, 0.15) is 26.7 Å². The average molecular weight is 503 g/mol. The van der Waals surface area contributed by atoms with Crippen LogP contribution in [0.5, 0.6) is 0 Å². The van der Waals surface area contributed by atoms with Crippen LogP contribution in [0.4, 0.5) is 10.5 Å². The first kappa shape index (κ1) is 25.3. The molecular formula is C18H26Cl3N3O5S. The van der Waals surface area contributed by atoms with Crippen LogP contribution in [0.3, 0.4) is 0 Å². The summed E-state index contributed by atoms with van der Waals surface area (Å²) < 4.78 is 35.1. The van der Waals surface area contributed by atoms with Gasteiger partial charge in [0.2, 0.25) is 13.8 Å². The number of nitrogens with zero attached hydrogens (tertiary/aromatic N) is 1. The highest BCUT2D eigenvalue weighted by atomic mass is 35.6. The first-order chi connectivity index (χ1) is 14.1. The van der Waals surface area contributed by atoms with E-state index in [2.05, 4.69) is 10.6 Å². The molecule has 1 aromatic rings. The highest BCUT2D eigenvalue weighted by Crippen LogP contribution is 2.31. The Hall–Kier alpha value is -0.970. The fourth-order valence-electron chi connectivity index (χ4n) is 2.91. The minimum Gasteiger partial charge on any atom is -0.447 e. The maximum atomic E-state index is 12.6. The van der Waals surface area contributed by atoms with Gasteiger partial charge < -0.3 is 14.8 Å². The molecule has 0 saturated carbocycles. The summed E-state index contributed by atoms with van der Waals surface area (Å²) in [6.07, 6.45) is -0.272. The molecule has 2 unspecified atom stereocenters. The van der Waals surface area contributed by atoms with Gasteiger partial charge in [0.15, 0.2) is 0 Å². The summed E-state index contributed by atoms with van der Waals surface area (Å²) in [6.45, 7) is 5.03. The zero-order valence-electron chi connectivity index (χ0n) is 16.7. The topological polar surface area (TPSA) is 97.0 Å². The summed E-state index contributed by atoms with van der Waals surface area (Å²) in [6, 6.07) is 5.95. The van der Waals surface area contributed by atoms with Crippen LogP contribution >= 0.6 is 34.8 Å². The number of carbonyl (C=O) groups excluding carboxylic acids is 1. The molecule has 1 heterocycles. The Morgan fingerprint density at radius 3 is 2.40 bits per heavy atom. The van der Waals surface area contributed by atoms with Gasteiger partial charge in [-0.1, -0.05) is 48.7 Å².